The average molecular weight is 351 g/mol. The maximum absolute atomic E-state index is 12.0. The van der Waals surface area contributed by atoms with Crippen molar-refractivity contribution in [2.24, 2.45) is 0 Å². The van der Waals surface area contributed by atoms with Gasteiger partial charge in [-0.1, -0.05) is 26.0 Å². The lowest BCUT2D eigenvalue weighted by atomic mass is 10.1. The fraction of sp³-hybridized carbons (Fsp3) is 0.333. The van der Waals surface area contributed by atoms with Crippen LogP contribution in [0.4, 0.5) is 0 Å². The predicted molar refractivity (Wildman–Crippen MR) is 82.0 cm³/mol. The number of nitrogens with one attached hydrogen (secondary N) is 1. The van der Waals surface area contributed by atoms with Crippen LogP contribution in [0.1, 0.15) is 37.4 Å². The van der Waals surface area contributed by atoms with Gasteiger partial charge in [0, 0.05) is 0 Å². The zero-order chi connectivity index (χ0) is 15.0. The number of hydrogen-bond acceptors (Lipinski definition) is 4. The SMILES string of the molecule is CC(C)c1nc(C2COc3ccccc3O2)[nH]c(=O)c1Br. The maximum atomic E-state index is 12.0. The largest absolute Gasteiger partial charge is 0.485 e. The number of rotatable bonds is 2. The number of fused-ring (bicyclic) bond motifs is 1. The molecule has 0 amide bonds. The van der Waals surface area contributed by atoms with E-state index in [0.717, 1.165) is 5.69 Å². The third-order valence-corrected chi connectivity index (χ3v) is 4.03. The molecule has 5 nitrogen and oxygen atoms in total. The standard InChI is InChI=1S/C15H15BrN2O3/c1-8(2)13-12(16)15(19)18-14(17-13)11-7-20-9-5-3-4-6-10(9)21-11/h3-6,8,11H,7H2,1-2H3,(H,17,18,19). The molecule has 1 atom stereocenters. The van der Waals surface area contributed by atoms with Crippen LogP contribution in [-0.4, -0.2) is 16.6 Å². The third-order valence-electron chi connectivity index (χ3n) is 3.27. The molecule has 0 bridgehead atoms. The molecule has 6 heteroatoms. The number of hydrogen-bond donors (Lipinski definition) is 1. The number of ether oxygens (including phenoxy) is 2. The molecular formula is C15H15BrN2O3. The third kappa shape index (κ3) is 2.68. The first-order valence-electron chi connectivity index (χ1n) is 6.74. The minimum absolute atomic E-state index is 0.136. The highest BCUT2D eigenvalue weighted by Gasteiger charge is 2.26. The summed E-state index contributed by atoms with van der Waals surface area (Å²) in [5.74, 6) is 1.99. The lowest BCUT2D eigenvalue weighted by Gasteiger charge is -2.26. The molecule has 1 N–H and O–H groups in total. The highest BCUT2D eigenvalue weighted by molar-refractivity contribution is 9.10. The molecular weight excluding hydrogens is 336 g/mol. The Labute approximate surface area is 130 Å². The topological polar surface area (TPSA) is 64.2 Å². The minimum Gasteiger partial charge on any atom is -0.485 e. The number of H-pyrrole nitrogens is 1. The molecule has 3 rings (SSSR count). The number of aromatic nitrogens is 2. The quantitative estimate of drug-likeness (QED) is 0.903. The summed E-state index contributed by atoms with van der Waals surface area (Å²) in [7, 11) is 0. The molecule has 1 aliphatic heterocycles. The number of aromatic amines is 1. The summed E-state index contributed by atoms with van der Waals surface area (Å²) in [5, 5.41) is 0. The Morgan fingerprint density at radius 3 is 2.76 bits per heavy atom. The summed E-state index contributed by atoms with van der Waals surface area (Å²) in [6.45, 7) is 4.30. The Balaban J connectivity index is 1.97. The van der Waals surface area contributed by atoms with Crippen LogP contribution in [0.25, 0.3) is 0 Å². The summed E-state index contributed by atoms with van der Waals surface area (Å²) in [6, 6.07) is 7.45. The smallest absolute Gasteiger partial charge is 0.265 e. The van der Waals surface area contributed by atoms with Gasteiger partial charge in [0.1, 0.15) is 11.1 Å². The molecule has 21 heavy (non-hydrogen) atoms. The van der Waals surface area contributed by atoms with E-state index in [0.29, 0.717) is 28.4 Å². The molecule has 0 fully saturated rings. The van der Waals surface area contributed by atoms with Gasteiger partial charge in [-0.25, -0.2) is 4.98 Å². The molecule has 110 valence electrons. The fourth-order valence-electron chi connectivity index (χ4n) is 2.18. The van der Waals surface area contributed by atoms with E-state index in [4.69, 9.17) is 9.47 Å². The zero-order valence-electron chi connectivity index (χ0n) is 11.7. The molecule has 1 unspecified atom stereocenters. The molecule has 1 aliphatic rings. The van der Waals surface area contributed by atoms with Gasteiger partial charge in [0.25, 0.3) is 5.56 Å². The Morgan fingerprint density at radius 2 is 2.05 bits per heavy atom. The van der Waals surface area contributed by atoms with Crippen LogP contribution in [0.5, 0.6) is 11.5 Å². The molecule has 0 spiro atoms. The monoisotopic (exact) mass is 350 g/mol. The van der Waals surface area contributed by atoms with Crippen molar-refractivity contribution < 1.29 is 9.47 Å². The summed E-state index contributed by atoms with van der Waals surface area (Å²) in [5.41, 5.74) is 0.516. The van der Waals surface area contributed by atoms with Crippen molar-refractivity contribution in [1.82, 2.24) is 9.97 Å². The first-order chi connectivity index (χ1) is 10.1. The van der Waals surface area contributed by atoms with E-state index in [2.05, 4.69) is 25.9 Å². The molecule has 0 saturated heterocycles. The summed E-state index contributed by atoms with van der Waals surface area (Å²) >= 11 is 3.29. The lowest BCUT2D eigenvalue weighted by molar-refractivity contribution is 0.0846. The highest BCUT2D eigenvalue weighted by atomic mass is 79.9. The van der Waals surface area contributed by atoms with Gasteiger partial charge in [0.05, 0.1) is 5.69 Å². The number of para-hydroxylation sites is 2. The maximum Gasteiger partial charge on any atom is 0.265 e. The van der Waals surface area contributed by atoms with Gasteiger partial charge < -0.3 is 14.5 Å². The Morgan fingerprint density at radius 1 is 1.33 bits per heavy atom. The van der Waals surface area contributed by atoms with E-state index in [-0.39, 0.29) is 11.5 Å². The van der Waals surface area contributed by atoms with Gasteiger partial charge in [-0.3, -0.25) is 4.79 Å². The van der Waals surface area contributed by atoms with Crippen LogP contribution in [0.15, 0.2) is 33.5 Å². The van der Waals surface area contributed by atoms with Crippen molar-refractivity contribution >= 4 is 15.9 Å². The van der Waals surface area contributed by atoms with Crippen LogP contribution in [-0.2, 0) is 0 Å². The number of benzene rings is 1. The summed E-state index contributed by atoms with van der Waals surface area (Å²) in [4.78, 5) is 19.3. The summed E-state index contributed by atoms with van der Waals surface area (Å²) < 4.78 is 12.0. The first kappa shape index (κ1) is 14.1. The van der Waals surface area contributed by atoms with Crippen LogP contribution in [0.2, 0.25) is 0 Å². The molecule has 0 saturated carbocycles. The van der Waals surface area contributed by atoms with Crippen LogP contribution in [0, 0.1) is 0 Å². The molecule has 2 heterocycles. The van der Waals surface area contributed by atoms with Gasteiger partial charge >= 0.3 is 0 Å². The second-order valence-corrected chi connectivity index (χ2v) is 5.96. The number of nitrogens with zero attached hydrogens (tertiary/aromatic N) is 1. The van der Waals surface area contributed by atoms with Gasteiger partial charge in [0.2, 0.25) is 0 Å². The molecule has 0 radical (unpaired) electrons. The van der Waals surface area contributed by atoms with Crippen LogP contribution in [0.3, 0.4) is 0 Å². The normalized spacial score (nSPS) is 17.0. The first-order valence-corrected chi connectivity index (χ1v) is 7.53. The van der Waals surface area contributed by atoms with E-state index in [1.807, 2.05) is 38.1 Å². The van der Waals surface area contributed by atoms with Crippen molar-refractivity contribution in [2.75, 3.05) is 6.61 Å². The average Bonchev–Trinajstić information content (AvgIpc) is 2.49. The minimum atomic E-state index is -0.418. The highest BCUT2D eigenvalue weighted by Crippen LogP contribution is 2.35. The second-order valence-electron chi connectivity index (χ2n) is 5.17. The Hall–Kier alpha value is -1.82. The van der Waals surface area contributed by atoms with E-state index < -0.39 is 6.10 Å². The van der Waals surface area contributed by atoms with E-state index >= 15 is 0 Å². The van der Waals surface area contributed by atoms with Gasteiger partial charge in [0.15, 0.2) is 23.4 Å². The molecule has 1 aromatic heterocycles. The van der Waals surface area contributed by atoms with Crippen LogP contribution >= 0.6 is 15.9 Å². The Bertz CT molecular complexity index is 727. The van der Waals surface area contributed by atoms with Crippen molar-refractivity contribution in [2.45, 2.75) is 25.9 Å². The van der Waals surface area contributed by atoms with Crippen LogP contribution < -0.4 is 15.0 Å². The Kier molecular flexibility index (Phi) is 3.71. The van der Waals surface area contributed by atoms with E-state index in [9.17, 15) is 4.79 Å². The van der Waals surface area contributed by atoms with Crippen molar-refractivity contribution in [1.29, 1.82) is 0 Å². The van der Waals surface area contributed by atoms with Gasteiger partial charge in [-0.05, 0) is 34.0 Å². The molecule has 2 aromatic rings. The molecule has 1 aromatic carbocycles. The van der Waals surface area contributed by atoms with Crippen molar-refractivity contribution in [3.8, 4) is 11.5 Å². The van der Waals surface area contributed by atoms with Crippen molar-refractivity contribution in [3.05, 3.63) is 50.6 Å². The fourth-order valence-corrected chi connectivity index (χ4v) is 2.83. The van der Waals surface area contributed by atoms with Gasteiger partial charge in [-0.2, -0.15) is 0 Å². The zero-order valence-corrected chi connectivity index (χ0v) is 13.3. The van der Waals surface area contributed by atoms with Crippen molar-refractivity contribution in [3.63, 3.8) is 0 Å². The number of halogens is 1. The van der Waals surface area contributed by atoms with Gasteiger partial charge in [-0.15, -0.1) is 0 Å². The van der Waals surface area contributed by atoms with E-state index in [1.165, 1.54) is 0 Å². The second kappa shape index (κ2) is 5.52. The summed E-state index contributed by atoms with van der Waals surface area (Å²) in [6.07, 6.45) is -0.418. The lowest BCUT2D eigenvalue weighted by Crippen LogP contribution is -2.27. The van der Waals surface area contributed by atoms with E-state index in [1.54, 1.807) is 0 Å². The molecule has 0 aliphatic carbocycles. The predicted octanol–water partition coefficient (Wildman–Crippen LogP) is 3.17.